The molecule has 0 saturated carbocycles. The van der Waals surface area contributed by atoms with E-state index in [1.54, 1.807) is 0 Å². The summed E-state index contributed by atoms with van der Waals surface area (Å²) in [7, 11) is 0. The molecule has 0 bridgehead atoms. The molecule has 2 heterocycles. The fraction of sp³-hybridized carbons (Fsp3) is 0.960. The number of rotatable bonds is 4. The van der Waals surface area contributed by atoms with Gasteiger partial charge >= 0.3 is 0 Å². The van der Waals surface area contributed by atoms with Crippen molar-refractivity contribution >= 4 is 0 Å². The van der Waals surface area contributed by atoms with Crippen molar-refractivity contribution in [3.63, 3.8) is 0 Å². The smallest absolute Gasteiger partial charge is 0.0159 e. The molecule has 0 aromatic heterocycles. The summed E-state index contributed by atoms with van der Waals surface area (Å²) in [6.45, 7) is 31.7. The zero-order valence-electron chi connectivity index (χ0n) is 21.5. The first-order chi connectivity index (χ1) is 12.1. The third-order valence-corrected chi connectivity index (χ3v) is 7.22. The van der Waals surface area contributed by atoms with Crippen LogP contribution in [-0.2, 0) is 32.7 Å². The van der Waals surface area contributed by atoms with Crippen LogP contribution in [0, 0.1) is 30.1 Å². The first-order valence-electron chi connectivity index (χ1n) is 11.5. The third kappa shape index (κ3) is 6.76. The van der Waals surface area contributed by atoms with Crippen LogP contribution in [0.25, 0.3) is 0 Å². The fourth-order valence-electron chi connectivity index (χ4n) is 6.18. The van der Waals surface area contributed by atoms with Crippen LogP contribution in [0.5, 0.6) is 0 Å². The van der Waals surface area contributed by atoms with Crippen molar-refractivity contribution in [2.75, 3.05) is 6.54 Å². The zero-order valence-corrected chi connectivity index (χ0v) is 24.3. The summed E-state index contributed by atoms with van der Waals surface area (Å²) in [4.78, 5) is 5.29. The molecule has 2 rings (SSSR count). The second kappa shape index (κ2) is 11.1. The Morgan fingerprint density at radius 3 is 1.54 bits per heavy atom. The van der Waals surface area contributed by atoms with E-state index >= 15 is 0 Å². The summed E-state index contributed by atoms with van der Waals surface area (Å²) in [6, 6.07) is 1.95. The fourth-order valence-corrected chi connectivity index (χ4v) is 6.18. The standard InChI is InChI=1S/C13H26N.C12H25N.Y/c1-9(2)12-8-11(5)14(10(3)4)13(12,6)7;1-9(2)11-7-12(5,6)13(8-11)10(3)4;/h8-12H,1-7H3;9-11H,7-8H2,1-6H3;/q-1;;. The topological polar surface area (TPSA) is 6.48 Å². The van der Waals surface area contributed by atoms with Crippen LogP contribution >= 0.6 is 0 Å². The van der Waals surface area contributed by atoms with E-state index in [4.69, 9.17) is 0 Å². The molecule has 3 unspecified atom stereocenters. The van der Waals surface area contributed by atoms with E-state index in [-0.39, 0.29) is 32.7 Å². The predicted octanol–water partition coefficient (Wildman–Crippen LogP) is 6.50. The monoisotopic (exact) mass is 468 g/mol. The average molecular weight is 469 g/mol. The van der Waals surface area contributed by atoms with Crippen LogP contribution in [0.4, 0.5) is 0 Å². The van der Waals surface area contributed by atoms with E-state index in [1.165, 1.54) is 13.0 Å². The Morgan fingerprint density at radius 1 is 0.821 bits per heavy atom. The minimum absolute atomic E-state index is 0. The molecule has 0 aromatic rings. The Bertz CT molecular complexity index is 453. The van der Waals surface area contributed by atoms with Gasteiger partial charge in [0.2, 0.25) is 0 Å². The van der Waals surface area contributed by atoms with Gasteiger partial charge < -0.3 is 11.3 Å². The molecule has 0 amide bonds. The Balaban J connectivity index is 0.000000504. The molecule has 0 aromatic carbocycles. The van der Waals surface area contributed by atoms with Crippen molar-refractivity contribution in [2.45, 2.75) is 126 Å². The second-order valence-corrected chi connectivity index (χ2v) is 11.6. The van der Waals surface area contributed by atoms with Gasteiger partial charge in [0.05, 0.1) is 0 Å². The molecule has 3 heteroatoms. The Hall–Kier alpha value is 1.02. The van der Waals surface area contributed by atoms with Crippen molar-refractivity contribution in [1.82, 2.24) is 9.80 Å². The van der Waals surface area contributed by atoms with Gasteiger partial charge in [-0.3, -0.25) is 4.90 Å². The van der Waals surface area contributed by atoms with Gasteiger partial charge in [0.1, 0.15) is 0 Å². The SMILES string of the molecule is CC(C)C1CN(C(C)C)C(C)(C)C1.CC(C)C1[CH-]C(C)N(C(C)C)C1(C)C.[Y]. The molecule has 0 spiro atoms. The van der Waals surface area contributed by atoms with E-state index in [9.17, 15) is 0 Å². The number of nitrogens with zero attached hydrogens (tertiary/aromatic N) is 2. The van der Waals surface area contributed by atoms with Crippen molar-refractivity contribution in [1.29, 1.82) is 0 Å². The van der Waals surface area contributed by atoms with Crippen LogP contribution in [0.3, 0.4) is 0 Å². The molecular weight excluding hydrogens is 417 g/mol. The summed E-state index contributed by atoms with van der Waals surface area (Å²) in [6.07, 6.45) is 3.90. The van der Waals surface area contributed by atoms with Crippen molar-refractivity contribution in [2.24, 2.45) is 23.7 Å². The molecule has 28 heavy (non-hydrogen) atoms. The summed E-state index contributed by atoms with van der Waals surface area (Å²) in [5, 5.41) is 0. The molecule has 1 radical (unpaired) electrons. The quantitative estimate of drug-likeness (QED) is 0.435. The molecule has 2 aliphatic heterocycles. The van der Waals surface area contributed by atoms with Gasteiger partial charge in [-0.15, -0.1) is 12.0 Å². The van der Waals surface area contributed by atoms with Gasteiger partial charge in [-0.2, -0.15) is 0 Å². The molecule has 2 fully saturated rings. The van der Waals surface area contributed by atoms with Crippen LogP contribution in [0.15, 0.2) is 0 Å². The van der Waals surface area contributed by atoms with E-state index in [0.29, 0.717) is 29.2 Å². The predicted molar refractivity (Wildman–Crippen MR) is 122 cm³/mol. The maximum Gasteiger partial charge on any atom is 0.0159 e. The van der Waals surface area contributed by atoms with E-state index in [1.807, 2.05) is 0 Å². The normalized spacial score (nSPS) is 30.1. The molecule has 2 aliphatic rings. The summed E-state index contributed by atoms with van der Waals surface area (Å²) in [5.41, 5.74) is 0.741. The minimum atomic E-state index is 0. The summed E-state index contributed by atoms with van der Waals surface area (Å²) in [5.74, 6) is 3.21. The zero-order chi connectivity index (χ0) is 21.3. The van der Waals surface area contributed by atoms with Gasteiger partial charge in [-0.05, 0) is 79.2 Å². The van der Waals surface area contributed by atoms with Gasteiger partial charge in [0, 0.05) is 56.9 Å². The number of hydrogen-bond donors (Lipinski definition) is 0. The maximum absolute atomic E-state index is 2.65. The summed E-state index contributed by atoms with van der Waals surface area (Å²) >= 11 is 0. The average Bonchev–Trinajstić information content (AvgIpc) is 2.92. The van der Waals surface area contributed by atoms with Crippen LogP contribution in [-0.4, -0.2) is 45.5 Å². The second-order valence-electron chi connectivity index (χ2n) is 11.6. The van der Waals surface area contributed by atoms with Crippen molar-refractivity contribution in [3.05, 3.63) is 6.42 Å². The molecule has 165 valence electrons. The van der Waals surface area contributed by atoms with Gasteiger partial charge in [-0.1, -0.05) is 40.5 Å². The minimum Gasteiger partial charge on any atom is -0.325 e. The van der Waals surface area contributed by atoms with Gasteiger partial charge in [0.15, 0.2) is 0 Å². The first-order valence-corrected chi connectivity index (χ1v) is 11.5. The summed E-state index contributed by atoms with van der Waals surface area (Å²) < 4.78 is 0. The number of likely N-dealkylation sites (tertiary alicyclic amines) is 2. The molecule has 0 aliphatic carbocycles. The Morgan fingerprint density at radius 2 is 1.32 bits per heavy atom. The van der Waals surface area contributed by atoms with E-state index in [2.05, 4.69) is 106 Å². The Kier molecular flexibility index (Phi) is 11.5. The van der Waals surface area contributed by atoms with Crippen LogP contribution in [0.2, 0.25) is 0 Å². The van der Waals surface area contributed by atoms with E-state index in [0.717, 1.165) is 23.7 Å². The molecule has 2 saturated heterocycles. The molecular formula is C25H51N2Y-. The van der Waals surface area contributed by atoms with Crippen LogP contribution < -0.4 is 0 Å². The van der Waals surface area contributed by atoms with Gasteiger partial charge in [0.25, 0.3) is 0 Å². The largest absolute Gasteiger partial charge is 0.325 e. The molecule has 0 N–H and O–H groups in total. The first kappa shape index (κ1) is 29.0. The number of hydrogen-bond acceptors (Lipinski definition) is 2. The van der Waals surface area contributed by atoms with Crippen molar-refractivity contribution in [3.8, 4) is 0 Å². The van der Waals surface area contributed by atoms with Gasteiger partial charge in [-0.25, -0.2) is 0 Å². The maximum atomic E-state index is 2.65. The van der Waals surface area contributed by atoms with E-state index < -0.39 is 0 Å². The van der Waals surface area contributed by atoms with Crippen molar-refractivity contribution < 1.29 is 32.7 Å². The molecule has 3 atom stereocenters. The Labute approximate surface area is 203 Å². The van der Waals surface area contributed by atoms with Crippen LogP contribution in [0.1, 0.15) is 96.4 Å². The third-order valence-electron chi connectivity index (χ3n) is 7.22. The molecule has 2 nitrogen and oxygen atoms in total.